The van der Waals surface area contributed by atoms with Crippen molar-refractivity contribution in [3.63, 3.8) is 0 Å². The molecular weight excluding hydrogens is 446 g/mol. The van der Waals surface area contributed by atoms with E-state index >= 15 is 0 Å². The molecule has 0 aromatic heterocycles. The molecule has 0 radical (unpaired) electrons. The second kappa shape index (κ2) is 5.03. The first-order valence-corrected chi connectivity index (χ1v) is 7.62. The number of aromatic carboxylic acids is 2. The van der Waals surface area contributed by atoms with Crippen LogP contribution in [0.1, 0.15) is 20.7 Å². The van der Waals surface area contributed by atoms with Gasteiger partial charge in [0, 0.05) is 3.57 Å². The fourth-order valence-corrected chi connectivity index (χ4v) is 4.41. The Bertz CT molecular complexity index is 538. The first-order chi connectivity index (χ1) is 7.36. The Balaban J connectivity index is 3.67. The minimum Gasteiger partial charge on any atom is -0.478 e. The second-order valence-electron chi connectivity index (χ2n) is 2.62. The lowest BCUT2D eigenvalue weighted by Gasteiger charge is -2.04. The Hall–Kier alpha value is -0.780. The van der Waals surface area contributed by atoms with Crippen LogP contribution in [0, 0.1) is 7.14 Å². The molecule has 1 aromatic carbocycles. The molecule has 1 rings (SSSR count). The number of carbonyl (C=O) groups is 2. The van der Waals surface area contributed by atoms with E-state index < -0.39 is 31.7 Å². The lowest BCUT2D eigenvalue weighted by molar-refractivity contribution is 0.0679. The molecule has 16 heavy (non-hydrogen) atoms. The first-order valence-electron chi connectivity index (χ1n) is 3.70. The Labute approximate surface area is 110 Å². The Morgan fingerprint density at radius 1 is 1.06 bits per heavy atom. The summed E-state index contributed by atoms with van der Waals surface area (Å²) in [6.45, 7) is 0. The van der Waals surface area contributed by atoms with E-state index in [-0.39, 0.29) is 18.3 Å². The normalized spacial score (nSPS) is 10.4. The molecule has 86 valence electrons. The van der Waals surface area contributed by atoms with Crippen LogP contribution in [-0.2, 0) is 6.14 Å². The van der Waals surface area contributed by atoms with Gasteiger partial charge in [0.1, 0.15) is 3.57 Å². The van der Waals surface area contributed by atoms with Crippen LogP contribution in [0.15, 0.2) is 12.1 Å². The summed E-state index contributed by atoms with van der Waals surface area (Å²) in [6, 6.07) is 2.07. The molecule has 0 spiro atoms. The number of carboxylic acids is 2. The Kier molecular flexibility index (Phi) is 4.18. The van der Waals surface area contributed by atoms with Gasteiger partial charge in [0.25, 0.3) is 0 Å². The molecule has 0 aliphatic heterocycles. The topological polar surface area (TPSA) is 109 Å². The third-order valence-electron chi connectivity index (χ3n) is 1.70. The fourth-order valence-electron chi connectivity index (χ4n) is 1.03. The van der Waals surface area contributed by atoms with Crippen molar-refractivity contribution in [2.75, 3.05) is 0 Å². The van der Waals surface area contributed by atoms with Gasteiger partial charge in [-0.3, -0.25) is 0 Å². The van der Waals surface area contributed by atoms with Crippen molar-refractivity contribution >= 4 is 54.3 Å². The molecule has 1 aromatic rings. The predicted octanol–water partition coefficient (Wildman–Crippen LogP) is 2.05. The van der Waals surface area contributed by atoms with Crippen molar-refractivity contribution in [2.24, 2.45) is 0 Å². The summed E-state index contributed by atoms with van der Waals surface area (Å²) in [5.41, 5.74) is -0.598. The van der Waals surface area contributed by atoms with E-state index in [1.54, 1.807) is 0 Å². The zero-order chi connectivity index (χ0) is 12.5. The van der Waals surface area contributed by atoms with Crippen molar-refractivity contribution in [2.45, 2.75) is 0 Å². The molecule has 0 saturated carbocycles. The van der Waals surface area contributed by atoms with Crippen molar-refractivity contribution in [3.8, 4) is 0 Å². The average molecular weight is 450 g/mol. The average Bonchev–Trinajstić information content (AvgIpc) is 2.15. The molecule has 0 amide bonds. The highest BCUT2D eigenvalue weighted by molar-refractivity contribution is 14.2. The highest BCUT2D eigenvalue weighted by Gasteiger charge is 2.22. The van der Waals surface area contributed by atoms with E-state index in [9.17, 15) is 15.7 Å². The third kappa shape index (κ3) is 2.48. The molecule has 0 fully saturated rings. The molecular formula is C8H4I2O6. The SMILES string of the molecule is O=C(O)c1ccc(C(=O)O)c(I(=O)=O)c1I. The van der Waals surface area contributed by atoms with Gasteiger partial charge in [-0.2, -0.15) is 0 Å². The molecule has 8 heteroatoms. The van der Waals surface area contributed by atoms with Crippen molar-refractivity contribution in [3.05, 3.63) is 30.4 Å². The molecule has 0 aliphatic rings. The van der Waals surface area contributed by atoms with Gasteiger partial charge in [0.05, 0.1) is 11.1 Å². The van der Waals surface area contributed by atoms with Gasteiger partial charge in [-0.1, -0.05) is 0 Å². The minimum atomic E-state index is -4.06. The number of rotatable bonds is 3. The van der Waals surface area contributed by atoms with E-state index in [1.165, 1.54) is 22.6 Å². The predicted molar refractivity (Wildman–Crippen MR) is 67.2 cm³/mol. The van der Waals surface area contributed by atoms with Crippen LogP contribution in [0.2, 0.25) is 0 Å². The van der Waals surface area contributed by atoms with Crippen molar-refractivity contribution in [1.82, 2.24) is 0 Å². The van der Waals surface area contributed by atoms with Gasteiger partial charge >= 0.3 is 31.7 Å². The first kappa shape index (κ1) is 13.3. The van der Waals surface area contributed by atoms with Crippen LogP contribution < -0.4 is 0 Å². The maximum absolute atomic E-state index is 11.0. The van der Waals surface area contributed by atoms with Gasteiger partial charge in [-0.05, 0) is 34.7 Å². The summed E-state index contributed by atoms with van der Waals surface area (Å²) in [5, 5.41) is 17.5. The van der Waals surface area contributed by atoms with Gasteiger partial charge in [0.15, 0.2) is 0 Å². The van der Waals surface area contributed by atoms with Crippen LogP contribution >= 0.6 is 42.4 Å². The fraction of sp³-hybridized carbons (Fsp3) is 0. The lowest BCUT2D eigenvalue weighted by Crippen LogP contribution is -2.08. The zero-order valence-electron chi connectivity index (χ0n) is 7.44. The highest BCUT2D eigenvalue weighted by Crippen LogP contribution is 2.29. The summed E-state index contributed by atoms with van der Waals surface area (Å²) in [6.07, 6.45) is 0. The maximum Gasteiger partial charge on any atom is 0.342 e. The molecule has 0 atom stereocenters. The number of halogens is 2. The van der Waals surface area contributed by atoms with Crippen molar-refractivity contribution < 1.29 is 25.9 Å². The number of hydrogen-bond donors (Lipinski definition) is 2. The van der Waals surface area contributed by atoms with Gasteiger partial charge < -0.3 is 10.2 Å². The van der Waals surface area contributed by atoms with E-state index in [1.807, 2.05) is 0 Å². The molecule has 2 N–H and O–H groups in total. The molecule has 0 bridgehead atoms. The number of carboxylic acid groups (broad SMARTS) is 2. The number of benzene rings is 1. The number of hydrogen-bond acceptors (Lipinski definition) is 4. The molecule has 0 unspecified atom stereocenters. The van der Waals surface area contributed by atoms with Crippen molar-refractivity contribution in [1.29, 1.82) is 0 Å². The minimum absolute atomic E-state index is 0.0554. The summed E-state index contributed by atoms with van der Waals surface area (Å²) in [7, 11) is 0. The summed E-state index contributed by atoms with van der Waals surface area (Å²) in [5.74, 6) is -2.68. The third-order valence-corrected chi connectivity index (χ3v) is 5.85. The van der Waals surface area contributed by atoms with Crippen LogP contribution in [0.5, 0.6) is 0 Å². The Morgan fingerprint density at radius 2 is 1.50 bits per heavy atom. The maximum atomic E-state index is 11.0. The quantitative estimate of drug-likeness (QED) is 0.684. The standard InChI is InChI=1S/C8H4I2O6/c9-5-3(7(11)12)1-2-4(8(13)14)6(5)10(15)16/h1-2H,(H,11,12)(H,13,14). The van der Waals surface area contributed by atoms with E-state index in [0.29, 0.717) is 0 Å². The smallest absolute Gasteiger partial charge is 0.342 e. The molecule has 0 aliphatic carbocycles. The summed E-state index contributed by atoms with van der Waals surface area (Å²) in [4.78, 5) is 21.5. The summed E-state index contributed by atoms with van der Waals surface area (Å²) < 4.78 is 21.5. The van der Waals surface area contributed by atoms with E-state index in [0.717, 1.165) is 12.1 Å². The van der Waals surface area contributed by atoms with Crippen LogP contribution in [0.3, 0.4) is 0 Å². The van der Waals surface area contributed by atoms with Crippen LogP contribution in [0.4, 0.5) is 0 Å². The summed E-state index contributed by atoms with van der Waals surface area (Å²) >= 11 is -2.53. The molecule has 6 nitrogen and oxygen atoms in total. The Morgan fingerprint density at radius 3 is 1.88 bits per heavy atom. The van der Waals surface area contributed by atoms with Gasteiger partial charge in [-0.25, -0.2) is 15.7 Å². The van der Waals surface area contributed by atoms with Gasteiger partial charge in [0.2, 0.25) is 0 Å². The highest BCUT2D eigenvalue weighted by atomic mass is 127. The molecule has 0 heterocycles. The van der Waals surface area contributed by atoms with E-state index in [4.69, 9.17) is 10.2 Å². The van der Waals surface area contributed by atoms with Crippen LogP contribution in [0.25, 0.3) is 0 Å². The molecule has 0 saturated heterocycles. The van der Waals surface area contributed by atoms with E-state index in [2.05, 4.69) is 0 Å². The lowest BCUT2D eigenvalue weighted by atomic mass is 10.1. The monoisotopic (exact) mass is 450 g/mol. The largest absolute Gasteiger partial charge is 0.478 e. The van der Waals surface area contributed by atoms with Crippen LogP contribution in [-0.4, -0.2) is 22.2 Å². The van der Waals surface area contributed by atoms with Gasteiger partial charge in [-0.15, -0.1) is 0 Å². The zero-order valence-corrected chi connectivity index (χ0v) is 11.8. The second-order valence-corrected chi connectivity index (χ2v) is 6.01.